The Hall–Kier alpha value is -2.10. The van der Waals surface area contributed by atoms with Crippen LogP contribution in [0.4, 0.5) is 0 Å². The van der Waals surface area contributed by atoms with Crippen LogP contribution >= 0.6 is 0 Å². The van der Waals surface area contributed by atoms with Crippen LogP contribution in [0.5, 0.6) is 0 Å². The predicted octanol–water partition coefficient (Wildman–Crippen LogP) is 2.60. The van der Waals surface area contributed by atoms with E-state index in [1.54, 1.807) is 42.3 Å². The van der Waals surface area contributed by atoms with Crippen molar-refractivity contribution in [3.8, 4) is 0 Å². The molecule has 108 valence electrons. The van der Waals surface area contributed by atoms with E-state index in [1.165, 1.54) is 13.2 Å². The minimum atomic E-state index is -0.367. The summed E-state index contributed by atoms with van der Waals surface area (Å²) in [4.78, 5) is 24.8. The Morgan fingerprint density at radius 1 is 1.25 bits per heavy atom. The first-order valence-electron chi connectivity index (χ1n) is 6.55. The monoisotopic (exact) mass is 275 g/mol. The first-order chi connectivity index (χ1) is 9.43. The van der Waals surface area contributed by atoms with Gasteiger partial charge in [0.15, 0.2) is 0 Å². The van der Waals surface area contributed by atoms with Crippen molar-refractivity contribution >= 4 is 18.0 Å². The standard InChI is InChI=1S/C16H21NO3/c1-12(2)11-17(3)15(18)10-7-13-5-8-14(9-6-13)16(19)20-4/h5-10,12H,11H2,1-4H3/b10-7+. The zero-order valence-electron chi connectivity index (χ0n) is 12.4. The number of hydrogen-bond donors (Lipinski definition) is 0. The lowest BCUT2D eigenvalue weighted by molar-refractivity contribution is -0.125. The molecular formula is C16H21NO3. The van der Waals surface area contributed by atoms with E-state index in [0.717, 1.165) is 12.1 Å². The quantitative estimate of drug-likeness (QED) is 0.613. The molecule has 1 amide bonds. The van der Waals surface area contributed by atoms with E-state index >= 15 is 0 Å². The van der Waals surface area contributed by atoms with E-state index in [4.69, 9.17) is 0 Å². The Morgan fingerprint density at radius 3 is 2.35 bits per heavy atom. The molecule has 0 atom stereocenters. The molecule has 20 heavy (non-hydrogen) atoms. The van der Waals surface area contributed by atoms with E-state index in [1.807, 2.05) is 0 Å². The summed E-state index contributed by atoms with van der Waals surface area (Å²) >= 11 is 0. The highest BCUT2D eigenvalue weighted by Crippen LogP contribution is 2.08. The van der Waals surface area contributed by atoms with Crippen molar-refractivity contribution in [2.45, 2.75) is 13.8 Å². The molecule has 0 aliphatic carbocycles. The van der Waals surface area contributed by atoms with E-state index in [9.17, 15) is 9.59 Å². The maximum atomic E-state index is 11.8. The molecule has 0 bridgehead atoms. The minimum Gasteiger partial charge on any atom is -0.465 e. The van der Waals surface area contributed by atoms with Gasteiger partial charge in [-0.05, 0) is 29.7 Å². The number of likely N-dealkylation sites (N-methyl/N-ethyl adjacent to an activating group) is 1. The second kappa shape index (κ2) is 7.48. The highest BCUT2D eigenvalue weighted by Gasteiger charge is 2.07. The molecule has 0 N–H and O–H groups in total. The SMILES string of the molecule is COC(=O)c1ccc(/C=C/C(=O)N(C)CC(C)C)cc1. The third-order valence-electron chi connectivity index (χ3n) is 2.77. The molecule has 0 aliphatic heterocycles. The van der Waals surface area contributed by atoms with Gasteiger partial charge in [0.25, 0.3) is 0 Å². The lowest BCUT2D eigenvalue weighted by atomic mass is 10.1. The summed E-state index contributed by atoms with van der Waals surface area (Å²) in [6.07, 6.45) is 3.27. The fourth-order valence-corrected chi connectivity index (χ4v) is 1.78. The molecule has 1 rings (SSSR count). The van der Waals surface area contributed by atoms with Gasteiger partial charge in [0.1, 0.15) is 0 Å². The Labute approximate surface area is 120 Å². The largest absolute Gasteiger partial charge is 0.465 e. The topological polar surface area (TPSA) is 46.6 Å². The first kappa shape index (κ1) is 16.0. The third kappa shape index (κ3) is 4.88. The van der Waals surface area contributed by atoms with Crippen LogP contribution in [0.3, 0.4) is 0 Å². The van der Waals surface area contributed by atoms with Gasteiger partial charge < -0.3 is 9.64 Å². The zero-order valence-corrected chi connectivity index (χ0v) is 12.4. The number of rotatable bonds is 5. The number of nitrogens with zero attached hydrogens (tertiary/aromatic N) is 1. The molecule has 0 saturated carbocycles. The molecule has 4 nitrogen and oxygen atoms in total. The predicted molar refractivity (Wildman–Crippen MR) is 79.3 cm³/mol. The van der Waals surface area contributed by atoms with Gasteiger partial charge in [-0.25, -0.2) is 4.79 Å². The van der Waals surface area contributed by atoms with E-state index in [2.05, 4.69) is 18.6 Å². The Morgan fingerprint density at radius 2 is 1.85 bits per heavy atom. The fraction of sp³-hybridized carbons (Fsp3) is 0.375. The Bertz CT molecular complexity index is 489. The van der Waals surface area contributed by atoms with Gasteiger partial charge in [-0.1, -0.05) is 26.0 Å². The molecule has 0 radical (unpaired) electrons. The number of ether oxygens (including phenoxy) is 1. The molecule has 0 heterocycles. The summed E-state index contributed by atoms with van der Waals surface area (Å²) in [5.74, 6) is 0.0423. The van der Waals surface area contributed by atoms with Crippen molar-refractivity contribution < 1.29 is 14.3 Å². The lowest BCUT2D eigenvalue weighted by Gasteiger charge is -2.17. The van der Waals surface area contributed by atoms with Crippen LogP contribution in [0.25, 0.3) is 6.08 Å². The summed E-state index contributed by atoms with van der Waals surface area (Å²) in [6.45, 7) is 4.86. The number of benzene rings is 1. The van der Waals surface area contributed by atoms with Gasteiger partial charge in [0, 0.05) is 19.7 Å². The Balaban J connectivity index is 2.66. The molecular weight excluding hydrogens is 254 g/mol. The second-order valence-corrected chi connectivity index (χ2v) is 5.06. The number of carbonyl (C=O) groups is 2. The minimum absolute atomic E-state index is 0.0317. The molecule has 1 aromatic carbocycles. The summed E-state index contributed by atoms with van der Waals surface area (Å²) in [5, 5.41) is 0. The van der Waals surface area contributed by atoms with Gasteiger partial charge in [0.05, 0.1) is 12.7 Å². The highest BCUT2D eigenvalue weighted by molar-refractivity contribution is 5.92. The van der Waals surface area contributed by atoms with Crippen molar-refractivity contribution in [2.24, 2.45) is 5.92 Å². The average Bonchev–Trinajstić information content (AvgIpc) is 2.43. The number of esters is 1. The molecule has 1 aromatic rings. The highest BCUT2D eigenvalue weighted by atomic mass is 16.5. The molecule has 0 aliphatic rings. The van der Waals surface area contributed by atoms with Crippen molar-refractivity contribution in [2.75, 3.05) is 20.7 Å². The summed E-state index contributed by atoms with van der Waals surface area (Å²) in [5.41, 5.74) is 1.36. The summed E-state index contributed by atoms with van der Waals surface area (Å²) in [7, 11) is 3.13. The van der Waals surface area contributed by atoms with Crippen molar-refractivity contribution in [3.63, 3.8) is 0 Å². The normalized spacial score (nSPS) is 10.8. The van der Waals surface area contributed by atoms with Crippen LogP contribution in [0.2, 0.25) is 0 Å². The number of methoxy groups -OCH3 is 1. The zero-order chi connectivity index (χ0) is 15.1. The van der Waals surface area contributed by atoms with Crippen molar-refractivity contribution in [3.05, 3.63) is 41.5 Å². The maximum absolute atomic E-state index is 11.8. The second-order valence-electron chi connectivity index (χ2n) is 5.06. The van der Waals surface area contributed by atoms with E-state index in [0.29, 0.717) is 11.5 Å². The molecule has 4 heteroatoms. The Kier molecular flexibility index (Phi) is 5.97. The molecule has 0 aromatic heterocycles. The molecule has 0 saturated heterocycles. The van der Waals surface area contributed by atoms with E-state index < -0.39 is 0 Å². The van der Waals surface area contributed by atoms with Crippen LogP contribution in [0.15, 0.2) is 30.3 Å². The molecule has 0 unspecified atom stereocenters. The van der Waals surface area contributed by atoms with Gasteiger partial charge >= 0.3 is 5.97 Å². The van der Waals surface area contributed by atoms with Crippen LogP contribution in [0.1, 0.15) is 29.8 Å². The number of hydrogen-bond acceptors (Lipinski definition) is 3. The molecule has 0 spiro atoms. The average molecular weight is 275 g/mol. The number of amides is 1. The van der Waals surface area contributed by atoms with Crippen molar-refractivity contribution in [1.82, 2.24) is 4.90 Å². The van der Waals surface area contributed by atoms with Crippen LogP contribution in [-0.4, -0.2) is 37.5 Å². The summed E-state index contributed by atoms with van der Waals surface area (Å²) in [6, 6.07) is 6.90. The van der Waals surface area contributed by atoms with Crippen LogP contribution in [-0.2, 0) is 9.53 Å². The lowest BCUT2D eigenvalue weighted by Crippen LogP contribution is -2.28. The van der Waals surface area contributed by atoms with Gasteiger partial charge in [-0.3, -0.25) is 4.79 Å². The van der Waals surface area contributed by atoms with Crippen LogP contribution in [0, 0.1) is 5.92 Å². The molecule has 0 fully saturated rings. The smallest absolute Gasteiger partial charge is 0.337 e. The van der Waals surface area contributed by atoms with Gasteiger partial charge in [0.2, 0.25) is 5.91 Å². The van der Waals surface area contributed by atoms with Crippen LogP contribution < -0.4 is 0 Å². The maximum Gasteiger partial charge on any atom is 0.337 e. The summed E-state index contributed by atoms with van der Waals surface area (Å²) < 4.78 is 4.62. The van der Waals surface area contributed by atoms with Gasteiger partial charge in [-0.15, -0.1) is 0 Å². The first-order valence-corrected chi connectivity index (χ1v) is 6.55. The third-order valence-corrected chi connectivity index (χ3v) is 2.77. The van der Waals surface area contributed by atoms with Crippen molar-refractivity contribution in [1.29, 1.82) is 0 Å². The van der Waals surface area contributed by atoms with Gasteiger partial charge in [-0.2, -0.15) is 0 Å². The fourth-order valence-electron chi connectivity index (χ4n) is 1.78. The van der Waals surface area contributed by atoms with E-state index in [-0.39, 0.29) is 11.9 Å². The number of carbonyl (C=O) groups excluding carboxylic acids is 2.